The first-order chi connectivity index (χ1) is 15.6. The predicted molar refractivity (Wildman–Crippen MR) is 141 cm³/mol. The van der Waals surface area contributed by atoms with Crippen molar-refractivity contribution in [1.82, 2.24) is 0 Å². The highest BCUT2D eigenvalue weighted by Crippen LogP contribution is 2.57. The molecule has 0 unspecified atom stereocenters. The summed E-state index contributed by atoms with van der Waals surface area (Å²) in [5.41, 5.74) is 9.88. The highest BCUT2D eigenvalue weighted by atomic mass is 16.3. The van der Waals surface area contributed by atoms with E-state index in [1.807, 2.05) is 39.0 Å². The Morgan fingerprint density at radius 2 is 1.36 bits per heavy atom. The zero-order chi connectivity index (χ0) is 24.5. The van der Waals surface area contributed by atoms with Crippen LogP contribution in [0.4, 0.5) is 0 Å². The van der Waals surface area contributed by atoms with Crippen LogP contribution in [0, 0.1) is 13.8 Å². The van der Waals surface area contributed by atoms with Gasteiger partial charge < -0.3 is 10.2 Å². The Hall–Kier alpha value is -3.52. The lowest BCUT2D eigenvalue weighted by atomic mass is 9.65. The van der Waals surface area contributed by atoms with Gasteiger partial charge in [0, 0.05) is 0 Å². The van der Waals surface area contributed by atoms with Gasteiger partial charge in [0.2, 0.25) is 0 Å². The highest BCUT2D eigenvalue weighted by molar-refractivity contribution is 5.88. The molecular weight excluding hydrogens is 404 g/mol. The van der Waals surface area contributed by atoms with Crippen LogP contribution in [-0.2, 0) is 5.41 Å². The maximum Gasteiger partial charge on any atom is 0.111 e. The second-order valence-electron chi connectivity index (χ2n) is 8.94. The summed E-state index contributed by atoms with van der Waals surface area (Å²) in [7, 11) is 0. The van der Waals surface area contributed by atoms with Crippen LogP contribution in [0.2, 0.25) is 0 Å². The lowest BCUT2D eigenvalue weighted by molar-refractivity contribution is 0.409. The summed E-state index contributed by atoms with van der Waals surface area (Å²) in [6.07, 6.45) is 7.99. The second kappa shape index (κ2) is 9.15. The summed E-state index contributed by atoms with van der Waals surface area (Å²) < 4.78 is 0. The first kappa shape index (κ1) is 24.1. The van der Waals surface area contributed by atoms with Gasteiger partial charge in [-0.2, -0.15) is 0 Å². The fourth-order valence-corrected chi connectivity index (χ4v) is 4.73. The van der Waals surface area contributed by atoms with E-state index in [1.165, 1.54) is 22.3 Å². The number of fused-ring (bicyclic) bond motifs is 3. The zero-order valence-corrected chi connectivity index (χ0v) is 20.6. The maximum absolute atomic E-state index is 10.2. The molecule has 1 aliphatic rings. The Bertz CT molecular complexity index is 1210. The van der Waals surface area contributed by atoms with E-state index in [1.54, 1.807) is 6.92 Å². The lowest BCUT2D eigenvalue weighted by Gasteiger charge is -2.36. The van der Waals surface area contributed by atoms with E-state index >= 15 is 0 Å². The van der Waals surface area contributed by atoms with Gasteiger partial charge in [-0.25, -0.2) is 0 Å². The molecule has 33 heavy (non-hydrogen) atoms. The monoisotopic (exact) mass is 438 g/mol. The van der Waals surface area contributed by atoms with Crippen molar-refractivity contribution in [1.29, 1.82) is 0 Å². The van der Waals surface area contributed by atoms with Crippen molar-refractivity contribution in [3.8, 4) is 11.1 Å². The average molecular weight is 439 g/mol. The summed E-state index contributed by atoms with van der Waals surface area (Å²) in [4.78, 5) is 0. The van der Waals surface area contributed by atoms with Crippen molar-refractivity contribution in [2.45, 2.75) is 47.0 Å². The maximum atomic E-state index is 10.2. The third kappa shape index (κ3) is 4.02. The Balaban J connectivity index is 2.59. The van der Waals surface area contributed by atoms with E-state index in [0.29, 0.717) is 5.57 Å². The molecule has 0 spiro atoms. The molecule has 0 bridgehead atoms. The molecule has 2 heteroatoms. The summed E-state index contributed by atoms with van der Waals surface area (Å²) in [6.45, 7) is 19.6. The van der Waals surface area contributed by atoms with Gasteiger partial charge >= 0.3 is 0 Å². The number of aliphatic hydroxyl groups is 2. The zero-order valence-electron chi connectivity index (χ0n) is 20.6. The smallest absolute Gasteiger partial charge is 0.111 e. The van der Waals surface area contributed by atoms with Gasteiger partial charge in [0.05, 0.1) is 11.2 Å². The van der Waals surface area contributed by atoms with Gasteiger partial charge in [0.25, 0.3) is 0 Å². The third-order valence-corrected chi connectivity index (χ3v) is 6.62. The van der Waals surface area contributed by atoms with Crippen molar-refractivity contribution in [2.24, 2.45) is 0 Å². The molecule has 0 atom stereocenters. The quantitative estimate of drug-likeness (QED) is 0.350. The van der Waals surface area contributed by atoms with Crippen LogP contribution in [-0.4, -0.2) is 10.2 Å². The van der Waals surface area contributed by atoms with Crippen LogP contribution in [0.5, 0.6) is 0 Å². The Morgan fingerprint density at radius 3 is 1.76 bits per heavy atom. The lowest BCUT2D eigenvalue weighted by Crippen LogP contribution is -2.30. The van der Waals surface area contributed by atoms with Crippen molar-refractivity contribution in [3.63, 3.8) is 0 Å². The summed E-state index contributed by atoms with van der Waals surface area (Å²) >= 11 is 0. The summed E-state index contributed by atoms with van der Waals surface area (Å²) in [5.74, 6) is 0.315. The molecule has 170 valence electrons. The molecule has 0 heterocycles. The van der Waals surface area contributed by atoms with Crippen molar-refractivity contribution in [3.05, 3.63) is 130 Å². The second-order valence-corrected chi connectivity index (χ2v) is 8.94. The number of hydrogen-bond acceptors (Lipinski definition) is 2. The van der Waals surface area contributed by atoms with Gasteiger partial charge in [-0.15, -0.1) is 0 Å². The van der Waals surface area contributed by atoms with Crippen LogP contribution in [0.15, 0.2) is 108 Å². The minimum absolute atomic E-state index is 0.0437. The predicted octanol–water partition coefficient (Wildman–Crippen LogP) is 8.50. The number of aliphatic hydroxyl groups excluding tert-OH is 2. The Kier molecular flexibility index (Phi) is 6.69. The van der Waals surface area contributed by atoms with Gasteiger partial charge in [-0.1, -0.05) is 85.0 Å². The molecule has 0 amide bonds. The number of benzene rings is 2. The van der Waals surface area contributed by atoms with E-state index in [2.05, 4.69) is 69.5 Å². The van der Waals surface area contributed by atoms with Crippen molar-refractivity contribution in [2.75, 3.05) is 0 Å². The highest BCUT2D eigenvalue weighted by Gasteiger charge is 2.47. The molecule has 2 aromatic rings. The SMILES string of the molecule is C=C/C(=C\C(C)=C(/C)O)C1(C(/C=C(/C)C(=C)O)=C/C)c2ccc(C)cc2-c2cc(C)ccc21. The first-order valence-electron chi connectivity index (χ1n) is 11.2. The fourth-order valence-electron chi connectivity index (χ4n) is 4.73. The molecule has 0 saturated heterocycles. The largest absolute Gasteiger partial charge is 0.512 e. The molecule has 1 aliphatic carbocycles. The molecular formula is C31H34O2. The van der Waals surface area contributed by atoms with Gasteiger partial charge in [-0.05, 0) is 86.1 Å². The number of allylic oxidation sites excluding steroid dienone is 9. The standard InChI is InChI=1S/C31H34O2/c1-9-25(17-21(5)23(7)32)31(26(10-2)18-22(6)24(8)33)29-13-11-19(3)15-27(29)28-16-20(4)12-14-30(28)31/h9-18,32-33H,1,8H2,2-7H3/b22-18-,23-21+,25-17+,26-10+. The molecule has 0 aromatic heterocycles. The number of hydrogen-bond donors (Lipinski definition) is 2. The Labute approximate surface area is 198 Å². The topological polar surface area (TPSA) is 40.5 Å². The summed E-state index contributed by atoms with van der Waals surface area (Å²) in [5, 5.41) is 20.3. The van der Waals surface area contributed by atoms with Crippen LogP contribution in [0.1, 0.15) is 49.9 Å². The van der Waals surface area contributed by atoms with Crippen LogP contribution < -0.4 is 0 Å². The third-order valence-electron chi connectivity index (χ3n) is 6.62. The van der Waals surface area contributed by atoms with E-state index in [0.717, 1.165) is 27.8 Å². The van der Waals surface area contributed by atoms with E-state index in [9.17, 15) is 10.2 Å². The molecule has 2 N–H and O–H groups in total. The van der Waals surface area contributed by atoms with Crippen LogP contribution in [0.3, 0.4) is 0 Å². The first-order valence-corrected chi connectivity index (χ1v) is 11.2. The molecule has 0 fully saturated rings. The Morgan fingerprint density at radius 1 is 0.848 bits per heavy atom. The van der Waals surface area contributed by atoms with Gasteiger partial charge in [-0.3, -0.25) is 0 Å². The van der Waals surface area contributed by atoms with Gasteiger partial charge in [0.15, 0.2) is 0 Å². The molecule has 0 aliphatic heterocycles. The van der Waals surface area contributed by atoms with Crippen LogP contribution >= 0.6 is 0 Å². The number of aryl methyl sites for hydroxylation is 2. The molecule has 2 aromatic carbocycles. The van der Waals surface area contributed by atoms with E-state index < -0.39 is 5.41 Å². The van der Waals surface area contributed by atoms with Crippen molar-refractivity contribution < 1.29 is 10.2 Å². The number of rotatable bonds is 6. The minimum atomic E-state index is -0.657. The molecule has 3 rings (SSSR count). The molecule has 0 saturated carbocycles. The molecule has 0 radical (unpaired) electrons. The average Bonchev–Trinajstić information content (AvgIpc) is 3.04. The van der Waals surface area contributed by atoms with Gasteiger partial charge in [0.1, 0.15) is 5.76 Å². The minimum Gasteiger partial charge on any atom is -0.512 e. The van der Waals surface area contributed by atoms with Crippen LogP contribution in [0.25, 0.3) is 11.1 Å². The van der Waals surface area contributed by atoms with E-state index in [4.69, 9.17) is 0 Å². The molecule has 2 nitrogen and oxygen atoms in total. The summed E-state index contributed by atoms with van der Waals surface area (Å²) in [6, 6.07) is 13.2. The fraction of sp³-hybridized carbons (Fsp3) is 0.226. The van der Waals surface area contributed by atoms with Crippen molar-refractivity contribution >= 4 is 0 Å². The van der Waals surface area contributed by atoms with E-state index in [-0.39, 0.29) is 11.5 Å². The normalized spacial score (nSPS) is 16.1.